The number of amides is 6. The Balaban J connectivity index is 1.37. The fourth-order valence-corrected chi connectivity index (χ4v) is 3.24. The average molecular weight is 464 g/mol. The molecule has 2 heterocycles. The van der Waals surface area contributed by atoms with Crippen LogP contribution in [0, 0.1) is 5.82 Å². The lowest BCUT2D eigenvalue weighted by molar-refractivity contribution is 0.209. The molecule has 174 valence electrons. The second-order valence-electron chi connectivity index (χ2n) is 7.21. The molecule has 3 N–H and O–H groups in total. The zero-order valence-electron chi connectivity index (χ0n) is 18.1. The number of urea groups is 3. The minimum Gasteiger partial charge on any atom is -0.456 e. The fourth-order valence-electron chi connectivity index (χ4n) is 3.24. The number of carbonyl (C=O) groups excluding carboxylic acids is 3. The first kappa shape index (κ1) is 22.5. The molecule has 0 spiro atoms. The van der Waals surface area contributed by atoms with Gasteiger partial charge in [0.05, 0.1) is 12.7 Å². The van der Waals surface area contributed by atoms with E-state index in [1.54, 1.807) is 36.4 Å². The third kappa shape index (κ3) is 5.21. The molecule has 1 aliphatic heterocycles. The number of carbonyl (C=O) groups is 3. The summed E-state index contributed by atoms with van der Waals surface area (Å²) in [4.78, 5) is 43.3. The van der Waals surface area contributed by atoms with Gasteiger partial charge in [-0.05, 0) is 48.5 Å². The summed E-state index contributed by atoms with van der Waals surface area (Å²) in [5, 5.41) is 7.66. The second kappa shape index (κ2) is 9.86. The van der Waals surface area contributed by atoms with Crippen LogP contribution in [0.4, 0.5) is 36.0 Å². The van der Waals surface area contributed by atoms with Crippen molar-refractivity contribution >= 4 is 35.3 Å². The van der Waals surface area contributed by atoms with Crippen LogP contribution in [0.25, 0.3) is 0 Å². The normalized spacial score (nSPS) is 12.9. The lowest BCUT2D eigenvalue weighted by Gasteiger charge is -2.18. The Morgan fingerprint density at radius 3 is 2.50 bits per heavy atom. The lowest BCUT2D eigenvalue weighted by Crippen LogP contribution is -2.39. The van der Waals surface area contributed by atoms with Gasteiger partial charge in [-0.3, -0.25) is 10.2 Å². The monoisotopic (exact) mass is 464 g/mol. The van der Waals surface area contributed by atoms with E-state index < -0.39 is 17.9 Å². The molecule has 1 fully saturated rings. The van der Waals surface area contributed by atoms with Gasteiger partial charge in [0, 0.05) is 31.0 Å². The third-order valence-electron chi connectivity index (χ3n) is 4.92. The molecule has 0 unspecified atom stereocenters. The maximum atomic E-state index is 13.2. The molecular formula is C23H21FN6O4. The molecule has 34 heavy (non-hydrogen) atoms. The molecule has 3 aromatic rings. The van der Waals surface area contributed by atoms with Crippen LogP contribution in [0.5, 0.6) is 11.5 Å². The van der Waals surface area contributed by atoms with Gasteiger partial charge >= 0.3 is 18.1 Å². The van der Waals surface area contributed by atoms with Gasteiger partial charge in [-0.25, -0.2) is 28.7 Å². The summed E-state index contributed by atoms with van der Waals surface area (Å²) < 4.78 is 18.9. The van der Waals surface area contributed by atoms with Crippen LogP contribution in [-0.2, 0) is 0 Å². The van der Waals surface area contributed by atoms with Crippen molar-refractivity contribution in [2.24, 2.45) is 0 Å². The number of hydrogen-bond acceptors (Lipinski definition) is 5. The van der Waals surface area contributed by atoms with Crippen molar-refractivity contribution in [3.05, 3.63) is 72.7 Å². The Bertz CT molecular complexity index is 1200. The number of ether oxygens (including phenoxy) is 1. The number of benzene rings is 2. The van der Waals surface area contributed by atoms with Crippen molar-refractivity contribution < 1.29 is 23.5 Å². The van der Waals surface area contributed by atoms with E-state index in [-0.39, 0.29) is 12.6 Å². The van der Waals surface area contributed by atoms with Gasteiger partial charge in [0.1, 0.15) is 23.1 Å². The zero-order chi connectivity index (χ0) is 24.1. The molecule has 6 amide bonds. The Kier molecular flexibility index (Phi) is 6.53. The molecule has 1 saturated heterocycles. The molecule has 0 radical (unpaired) electrons. The molecule has 0 aliphatic carbocycles. The maximum absolute atomic E-state index is 13.2. The van der Waals surface area contributed by atoms with Crippen molar-refractivity contribution in [1.29, 1.82) is 0 Å². The van der Waals surface area contributed by atoms with E-state index >= 15 is 0 Å². The number of aromatic nitrogens is 1. The molecule has 0 saturated carbocycles. The smallest absolute Gasteiger partial charge is 0.332 e. The first-order valence-corrected chi connectivity index (χ1v) is 10.3. The van der Waals surface area contributed by atoms with Gasteiger partial charge in [0.2, 0.25) is 0 Å². The van der Waals surface area contributed by atoms with Crippen molar-refractivity contribution in [3.63, 3.8) is 0 Å². The lowest BCUT2D eigenvalue weighted by atomic mass is 10.3. The Morgan fingerprint density at radius 1 is 1.00 bits per heavy atom. The van der Waals surface area contributed by atoms with Gasteiger partial charge in [0.25, 0.3) is 0 Å². The van der Waals surface area contributed by atoms with Crippen molar-refractivity contribution in [2.75, 3.05) is 35.7 Å². The first-order chi connectivity index (χ1) is 16.4. The summed E-state index contributed by atoms with van der Waals surface area (Å²) in [5.41, 5.74) is 0.948. The molecule has 1 aromatic heterocycles. The highest BCUT2D eigenvalue weighted by Crippen LogP contribution is 2.25. The third-order valence-corrected chi connectivity index (χ3v) is 4.92. The number of anilines is 3. The van der Waals surface area contributed by atoms with Crippen LogP contribution in [0.15, 0.2) is 66.9 Å². The number of imide groups is 1. The molecule has 11 heteroatoms. The summed E-state index contributed by atoms with van der Waals surface area (Å²) in [6.07, 6.45) is 1.45. The van der Waals surface area contributed by atoms with Crippen LogP contribution >= 0.6 is 0 Å². The largest absolute Gasteiger partial charge is 0.456 e. The SMILES string of the molecule is CNC(=O)Nc1ccc(Oc2cccc(NC(=O)N3CCN(c4ccc(F)cc4)C3=O)c2)cn1. The van der Waals surface area contributed by atoms with Crippen molar-refractivity contribution in [3.8, 4) is 11.5 Å². The van der Waals surface area contributed by atoms with Gasteiger partial charge in [-0.15, -0.1) is 0 Å². The van der Waals surface area contributed by atoms with E-state index in [0.29, 0.717) is 35.2 Å². The van der Waals surface area contributed by atoms with E-state index in [4.69, 9.17) is 4.74 Å². The van der Waals surface area contributed by atoms with Crippen LogP contribution in [-0.4, -0.2) is 48.1 Å². The average Bonchev–Trinajstić information content (AvgIpc) is 3.22. The van der Waals surface area contributed by atoms with E-state index in [9.17, 15) is 18.8 Å². The predicted octanol–water partition coefficient (Wildman–Crippen LogP) is 4.24. The Hall–Kier alpha value is -4.67. The van der Waals surface area contributed by atoms with Gasteiger partial charge in [0.15, 0.2) is 0 Å². The van der Waals surface area contributed by atoms with E-state index in [1.807, 2.05) is 0 Å². The summed E-state index contributed by atoms with van der Waals surface area (Å²) in [7, 11) is 1.50. The van der Waals surface area contributed by atoms with E-state index in [2.05, 4.69) is 20.9 Å². The number of hydrogen-bond donors (Lipinski definition) is 3. The van der Waals surface area contributed by atoms with E-state index in [0.717, 1.165) is 4.90 Å². The van der Waals surface area contributed by atoms with Crippen LogP contribution in [0.1, 0.15) is 0 Å². The number of nitrogens with zero attached hydrogens (tertiary/aromatic N) is 3. The molecule has 0 bridgehead atoms. The quantitative estimate of drug-likeness (QED) is 0.522. The Labute approximate surface area is 194 Å². The van der Waals surface area contributed by atoms with Crippen molar-refractivity contribution in [2.45, 2.75) is 0 Å². The molecule has 10 nitrogen and oxygen atoms in total. The Morgan fingerprint density at radius 2 is 1.79 bits per heavy atom. The summed E-state index contributed by atoms with van der Waals surface area (Å²) in [6.45, 7) is 0.499. The number of pyridine rings is 1. The van der Waals surface area contributed by atoms with Gasteiger partial charge < -0.3 is 15.4 Å². The highest BCUT2D eigenvalue weighted by molar-refractivity contribution is 6.08. The van der Waals surface area contributed by atoms with E-state index in [1.165, 1.54) is 42.4 Å². The molecule has 2 aromatic carbocycles. The molecule has 1 aliphatic rings. The standard InChI is InChI=1S/C23H21FN6O4/c1-25-21(31)28-20-10-9-19(14-26-20)34-18-4-2-3-16(13-18)27-22(32)30-12-11-29(23(30)33)17-7-5-15(24)6-8-17/h2-10,13-14H,11-12H2,1H3,(H,27,32)(H2,25,26,28,31). The zero-order valence-corrected chi connectivity index (χ0v) is 18.1. The number of halogens is 1. The summed E-state index contributed by atoms with van der Waals surface area (Å²) in [6, 6.07) is 13.9. The predicted molar refractivity (Wildman–Crippen MR) is 124 cm³/mol. The highest BCUT2D eigenvalue weighted by Gasteiger charge is 2.34. The van der Waals surface area contributed by atoms with Gasteiger partial charge in [-0.1, -0.05) is 6.07 Å². The number of rotatable bonds is 5. The topological polar surface area (TPSA) is 116 Å². The van der Waals surface area contributed by atoms with Crippen LogP contribution < -0.4 is 25.6 Å². The maximum Gasteiger partial charge on any atom is 0.332 e. The molecular weight excluding hydrogens is 443 g/mol. The van der Waals surface area contributed by atoms with Crippen LogP contribution in [0.2, 0.25) is 0 Å². The summed E-state index contributed by atoms with van der Waals surface area (Å²) in [5.74, 6) is 0.819. The number of nitrogens with one attached hydrogen (secondary N) is 3. The summed E-state index contributed by atoms with van der Waals surface area (Å²) >= 11 is 0. The minimum absolute atomic E-state index is 0.195. The first-order valence-electron chi connectivity index (χ1n) is 10.3. The highest BCUT2D eigenvalue weighted by atomic mass is 19.1. The molecule has 4 rings (SSSR count). The fraction of sp³-hybridized carbons (Fsp3) is 0.130. The van der Waals surface area contributed by atoms with Gasteiger partial charge in [-0.2, -0.15) is 0 Å². The van der Waals surface area contributed by atoms with Crippen molar-refractivity contribution in [1.82, 2.24) is 15.2 Å². The minimum atomic E-state index is -0.585. The second-order valence-corrected chi connectivity index (χ2v) is 7.21. The molecule has 0 atom stereocenters. The van der Waals surface area contributed by atoms with Crippen LogP contribution in [0.3, 0.4) is 0 Å².